The lowest BCUT2D eigenvalue weighted by molar-refractivity contribution is -0.125. The molecular weight excluding hydrogens is 443 g/mol. The molecule has 0 bridgehead atoms. The van der Waals surface area contributed by atoms with E-state index >= 15 is 0 Å². The second-order valence-electron chi connectivity index (χ2n) is 8.12. The monoisotopic (exact) mass is 466 g/mol. The van der Waals surface area contributed by atoms with E-state index in [2.05, 4.69) is 10.2 Å². The number of nitrogens with one attached hydrogen (secondary N) is 1. The van der Waals surface area contributed by atoms with Gasteiger partial charge in [-0.25, -0.2) is 9.37 Å². The number of rotatable bonds is 6. The SMILES string of the molecule is O=C(NCc1ccco1)C1CCN(c2nc3ccsc3c(=O)n2Cc2ccc(F)cc2)CC1. The van der Waals surface area contributed by atoms with E-state index in [1.807, 2.05) is 17.5 Å². The van der Waals surface area contributed by atoms with E-state index in [1.165, 1.54) is 23.5 Å². The van der Waals surface area contributed by atoms with E-state index in [9.17, 15) is 14.0 Å². The van der Waals surface area contributed by atoms with Gasteiger partial charge in [0.05, 0.1) is 24.9 Å². The maximum atomic E-state index is 13.4. The standard InChI is InChI=1S/C24H23FN4O3S/c25-18-5-3-16(4-6-18)15-29-23(31)21-20(9-13-33-21)27-24(29)28-10-7-17(8-11-28)22(30)26-14-19-2-1-12-32-19/h1-6,9,12-13,17H,7-8,10-11,14-15H2,(H,26,30). The molecule has 1 aliphatic heterocycles. The quantitative estimate of drug-likeness (QED) is 0.468. The van der Waals surface area contributed by atoms with Gasteiger partial charge in [0.15, 0.2) is 0 Å². The number of furan rings is 1. The lowest BCUT2D eigenvalue weighted by Crippen LogP contribution is -2.42. The van der Waals surface area contributed by atoms with Crippen molar-refractivity contribution < 1.29 is 13.6 Å². The third kappa shape index (κ3) is 4.54. The highest BCUT2D eigenvalue weighted by atomic mass is 32.1. The zero-order chi connectivity index (χ0) is 22.8. The summed E-state index contributed by atoms with van der Waals surface area (Å²) >= 11 is 1.37. The lowest BCUT2D eigenvalue weighted by atomic mass is 9.96. The van der Waals surface area contributed by atoms with Crippen molar-refractivity contribution in [1.29, 1.82) is 0 Å². The van der Waals surface area contributed by atoms with Crippen molar-refractivity contribution in [2.24, 2.45) is 5.92 Å². The molecule has 4 heterocycles. The van der Waals surface area contributed by atoms with Gasteiger partial charge in [0.2, 0.25) is 11.9 Å². The Morgan fingerprint density at radius 1 is 1.18 bits per heavy atom. The Morgan fingerprint density at radius 3 is 2.70 bits per heavy atom. The van der Waals surface area contributed by atoms with Gasteiger partial charge in [0.1, 0.15) is 16.3 Å². The lowest BCUT2D eigenvalue weighted by Gasteiger charge is -2.33. The third-order valence-electron chi connectivity index (χ3n) is 5.97. The summed E-state index contributed by atoms with van der Waals surface area (Å²) in [6, 6.07) is 11.6. The van der Waals surface area contributed by atoms with E-state index in [1.54, 1.807) is 29.0 Å². The number of amides is 1. The Labute approximate surface area is 193 Å². The number of carbonyl (C=O) groups is 1. The Hall–Kier alpha value is -3.46. The Bertz CT molecular complexity index is 1310. The number of hydrogen-bond acceptors (Lipinski definition) is 6. The molecule has 0 saturated carbocycles. The molecule has 1 amide bonds. The minimum absolute atomic E-state index is 0.0102. The van der Waals surface area contributed by atoms with Crippen LogP contribution in [-0.2, 0) is 17.9 Å². The first-order valence-electron chi connectivity index (χ1n) is 10.9. The topological polar surface area (TPSA) is 80.4 Å². The van der Waals surface area contributed by atoms with Gasteiger partial charge in [0, 0.05) is 19.0 Å². The number of nitrogens with zero attached hydrogens (tertiary/aromatic N) is 3. The van der Waals surface area contributed by atoms with Crippen molar-refractivity contribution in [2.45, 2.75) is 25.9 Å². The van der Waals surface area contributed by atoms with Crippen LogP contribution in [0.3, 0.4) is 0 Å². The molecule has 0 spiro atoms. The molecule has 1 aromatic carbocycles. The van der Waals surface area contributed by atoms with Crippen LogP contribution in [0.15, 0.2) is 63.3 Å². The van der Waals surface area contributed by atoms with Crippen LogP contribution >= 0.6 is 11.3 Å². The van der Waals surface area contributed by atoms with Crippen LogP contribution in [0, 0.1) is 11.7 Å². The van der Waals surface area contributed by atoms with Crippen molar-refractivity contribution in [3.05, 3.63) is 81.6 Å². The molecule has 1 saturated heterocycles. The van der Waals surface area contributed by atoms with E-state index in [-0.39, 0.29) is 23.2 Å². The van der Waals surface area contributed by atoms with Crippen molar-refractivity contribution in [2.75, 3.05) is 18.0 Å². The fourth-order valence-electron chi connectivity index (χ4n) is 4.16. The molecule has 0 radical (unpaired) electrons. The van der Waals surface area contributed by atoms with E-state index in [0.717, 1.165) is 11.3 Å². The highest BCUT2D eigenvalue weighted by Gasteiger charge is 2.28. The first-order chi connectivity index (χ1) is 16.1. The number of fused-ring (bicyclic) bond motifs is 1. The summed E-state index contributed by atoms with van der Waals surface area (Å²) < 4.78 is 20.9. The molecular formula is C24H23FN4O3S. The molecule has 1 aliphatic rings. The molecule has 4 aromatic rings. The average molecular weight is 467 g/mol. The average Bonchev–Trinajstić information content (AvgIpc) is 3.53. The predicted molar refractivity (Wildman–Crippen MR) is 125 cm³/mol. The summed E-state index contributed by atoms with van der Waals surface area (Å²) in [7, 11) is 0. The molecule has 3 aromatic heterocycles. The highest BCUT2D eigenvalue weighted by molar-refractivity contribution is 7.17. The van der Waals surface area contributed by atoms with Gasteiger partial charge in [-0.1, -0.05) is 12.1 Å². The smallest absolute Gasteiger partial charge is 0.273 e. The highest BCUT2D eigenvalue weighted by Crippen LogP contribution is 2.25. The summed E-state index contributed by atoms with van der Waals surface area (Å²) in [4.78, 5) is 32.7. The zero-order valence-electron chi connectivity index (χ0n) is 17.9. The first-order valence-corrected chi connectivity index (χ1v) is 11.7. The number of aromatic nitrogens is 2. The molecule has 1 fully saturated rings. The van der Waals surface area contributed by atoms with Gasteiger partial charge in [-0.15, -0.1) is 11.3 Å². The summed E-state index contributed by atoms with van der Waals surface area (Å²) in [6.07, 6.45) is 2.92. The molecule has 0 aliphatic carbocycles. The third-order valence-corrected chi connectivity index (χ3v) is 6.86. The fraction of sp³-hybridized carbons (Fsp3) is 0.292. The molecule has 33 heavy (non-hydrogen) atoms. The van der Waals surface area contributed by atoms with E-state index < -0.39 is 0 Å². The van der Waals surface area contributed by atoms with Gasteiger partial charge >= 0.3 is 0 Å². The van der Waals surface area contributed by atoms with Crippen molar-refractivity contribution >= 4 is 33.4 Å². The largest absolute Gasteiger partial charge is 0.467 e. The first kappa shape index (κ1) is 21.4. The Kier molecular flexibility index (Phi) is 5.95. The number of piperidine rings is 1. The Balaban J connectivity index is 1.34. The molecule has 0 atom stereocenters. The summed E-state index contributed by atoms with van der Waals surface area (Å²) in [5.41, 5.74) is 1.39. The van der Waals surface area contributed by atoms with Crippen molar-refractivity contribution in [3.8, 4) is 0 Å². The number of anilines is 1. The summed E-state index contributed by atoms with van der Waals surface area (Å²) in [6.45, 7) is 1.91. The second kappa shape index (κ2) is 9.19. The number of thiophene rings is 1. The van der Waals surface area contributed by atoms with Crippen LogP contribution in [0.4, 0.5) is 10.3 Å². The summed E-state index contributed by atoms with van der Waals surface area (Å²) in [5.74, 6) is 0.906. The zero-order valence-corrected chi connectivity index (χ0v) is 18.7. The maximum Gasteiger partial charge on any atom is 0.273 e. The molecule has 170 valence electrons. The van der Waals surface area contributed by atoms with Gasteiger partial charge in [-0.05, 0) is 54.1 Å². The van der Waals surface area contributed by atoms with Crippen LogP contribution in [0.2, 0.25) is 0 Å². The van der Waals surface area contributed by atoms with Gasteiger partial charge in [-0.2, -0.15) is 0 Å². The van der Waals surface area contributed by atoms with Crippen LogP contribution in [-0.4, -0.2) is 28.5 Å². The summed E-state index contributed by atoms with van der Waals surface area (Å²) in [5, 5.41) is 4.80. The predicted octanol–water partition coefficient (Wildman–Crippen LogP) is 3.77. The number of halogens is 1. The number of hydrogen-bond donors (Lipinski definition) is 1. The second-order valence-corrected chi connectivity index (χ2v) is 9.04. The van der Waals surface area contributed by atoms with Gasteiger partial charge in [0.25, 0.3) is 5.56 Å². The van der Waals surface area contributed by atoms with Crippen LogP contribution < -0.4 is 15.8 Å². The van der Waals surface area contributed by atoms with Crippen LogP contribution in [0.5, 0.6) is 0 Å². The molecule has 1 N–H and O–H groups in total. The van der Waals surface area contributed by atoms with Gasteiger partial charge in [-0.3, -0.25) is 14.2 Å². The molecule has 0 unspecified atom stereocenters. The Morgan fingerprint density at radius 2 is 1.97 bits per heavy atom. The van der Waals surface area contributed by atoms with E-state index in [0.29, 0.717) is 55.2 Å². The number of benzene rings is 1. The number of carbonyl (C=O) groups excluding carboxylic acids is 1. The van der Waals surface area contributed by atoms with Gasteiger partial charge < -0.3 is 14.6 Å². The molecule has 9 heteroatoms. The maximum absolute atomic E-state index is 13.4. The van der Waals surface area contributed by atoms with E-state index in [4.69, 9.17) is 9.40 Å². The van der Waals surface area contributed by atoms with Crippen LogP contribution in [0.25, 0.3) is 10.2 Å². The van der Waals surface area contributed by atoms with Crippen molar-refractivity contribution in [1.82, 2.24) is 14.9 Å². The normalized spacial score (nSPS) is 14.6. The van der Waals surface area contributed by atoms with Crippen LogP contribution in [0.1, 0.15) is 24.2 Å². The van der Waals surface area contributed by atoms with Crippen molar-refractivity contribution in [3.63, 3.8) is 0 Å². The molecule has 5 rings (SSSR count). The fourth-order valence-corrected chi connectivity index (χ4v) is 4.94. The minimum atomic E-state index is -0.314. The molecule has 7 nitrogen and oxygen atoms in total. The minimum Gasteiger partial charge on any atom is -0.467 e.